The average molecular weight is 339 g/mol. The Hall–Kier alpha value is -1.95. The summed E-state index contributed by atoms with van der Waals surface area (Å²) in [6.07, 6.45) is 3.30. The van der Waals surface area contributed by atoms with Crippen LogP contribution in [0.2, 0.25) is 0 Å². The molecule has 1 aliphatic rings. The van der Waals surface area contributed by atoms with Crippen molar-refractivity contribution in [1.82, 2.24) is 15.1 Å². The van der Waals surface area contributed by atoms with E-state index >= 15 is 0 Å². The molecule has 3 heterocycles. The van der Waals surface area contributed by atoms with Gasteiger partial charge in [-0.2, -0.15) is 5.10 Å². The van der Waals surface area contributed by atoms with Crippen molar-refractivity contribution in [2.24, 2.45) is 5.92 Å². The summed E-state index contributed by atoms with van der Waals surface area (Å²) in [6.45, 7) is 3.61. The molecule has 1 fully saturated rings. The lowest BCUT2D eigenvalue weighted by Gasteiger charge is -2.08. The molecule has 0 aliphatic carbocycles. The molecule has 4 rings (SSSR count). The predicted octanol–water partition coefficient (Wildman–Crippen LogP) is 3.73. The first-order chi connectivity index (χ1) is 11.9. The van der Waals surface area contributed by atoms with Gasteiger partial charge in [-0.15, -0.1) is 11.3 Å². The first-order valence-corrected chi connectivity index (χ1v) is 9.24. The Balaban J connectivity index is 1.55. The molecule has 0 unspecified atom stereocenters. The molecule has 0 saturated carbocycles. The number of hydrogen-bond acceptors (Lipinski definition) is 4. The Morgan fingerprint density at radius 1 is 1.21 bits per heavy atom. The minimum atomic E-state index is 0.638. The Bertz CT molecular complexity index is 761. The molecule has 1 aromatic carbocycles. The number of hydrogen-bond donors (Lipinski definition) is 1. The maximum Gasteiger partial charge on any atom is 0.107 e. The third-order valence-electron chi connectivity index (χ3n) is 4.34. The standard InChI is InChI=1S/C19H21N3OS/c1-2-5-17(6-3-1)22-13-16(12-20-11-15-8-9-23-14-15)19(21-22)18-7-4-10-24-18/h1-7,10,13,15,20H,8-9,11-12,14H2/t15-/m1/s1. The van der Waals surface area contributed by atoms with E-state index in [0.29, 0.717) is 5.92 Å². The molecule has 5 heteroatoms. The lowest BCUT2D eigenvalue weighted by molar-refractivity contribution is 0.185. The normalized spacial score (nSPS) is 17.4. The van der Waals surface area contributed by atoms with Crippen LogP contribution in [0.25, 0.3) is 16.3 Å². The lowest BCUT2D eigenvalue weighted by Crippen LogP contribution is -2.22. The van der Waals surface area contributed by atoms with Crippen molar-refractivity contribution in [3.63, 3.8) is 0 Å². The average Bonchev–Trinajstić information content (AvgIpc) is 3.37. The summed E-state index contributed by atoms with van der Waals surface area (Å²) in [5, 5.41) is 10.5. The van der Waals surface area contributed by atoms with E-state index in [1.807, 2.05) is 22.9 Å². The summed E-state index contributed by atoms with van der Waals surface area (Å²) >= 11 is 1.73. The van der Waals surface area contributed by atoms with Gasteiger partial charge in [0.2, 0.25) is 0 Å². The molecular weight excluding hydrogens is 318 g/mol. The fourth-order valence-corrected chi connectivity index (χ4v) is 3.77. The number of benzene rings is 1. The second-order valence-electron chi connectivity index (χ2n) is 6.12. The van der Waals surface area contributed by atoms with Crippen LogP contribution in [0.4, 0.5) is 0 Å². The molecule has 0 bridgehead atoms. The third-order valence-corrected chi connectivity index (χ3v) is 5.21. The highest BCUT2D eigenvalue weighted by molar-refractivity contribution is 7.13. The van der Waals surface area contributed by atoms with E-state index in [4.69, 9.17) is 9.84 Å². The van der Waals surface area contributed by atoms with Gasteiger partial charge in [0.1, 0.15) is 5.69 Å². The largest absolute Gasteiger partial charge is 0.381 e. The van der Waals surface area contributed by atoms with Gasteiger partial charge in [-0.05, 0) is 35.9 Å². The maximum atomic E-state index is 5.45. The first kappa shape index (κ1) is 15.6. The Morgan fingerprint density at radius 3 is 2.88 bits per heavy atom. The molecule has 3 aromatic rings. The number of nitrogens with zero attached hydrogens (tertiary/aromatic N) is 2. The summed E-state index contributed by atoms with van der Waals surface area (Å²) < 4.78 is 7.43. The zero-order valence-electron chi connectivity index (χ0n) is 13.5. The van der Waals surface area contributed by atoms with E-state index in [9.17, 15) is 0 Å². The number of nitrogens with one attached hydrogen (secondary N) is 1. The van der Waals surface area contributed by atoms with Crippen LogP contribution in [-0.4, -0.2) is 29.5 Å². The van der Waals surface area contributed by atoms with Crippen molar-refractivity contribution >= 4 is 11.3 Å². The molecule has 0 radical (unpaired) electrons. The van der Waals surface area contributed by atoms with Crippen molar-refractivity contribution in [2.75, 3.05) is 19.8 Å². The van der Waals surface area contributed by atoms with Gasteiger partial charge in [0, 0.05) is 31.5 Å². The molecule has 124 valence electrons. The molecule has 2 aromatic heterocycles. The van der Waals surface area contributed by atoms with Crippen molar-refractivity contribution < 1.29 is 4.74 Å². The first-order valence-electron chi connectivity index (χ1n) is 8.36. The van der Waals surface area contributed by atoms with Crippen LogP contribution in [0.3, 0.4) is 0 Å². The van der Waals surface area contributed by atoms with Gasteiger partial charge in [0.15, 0.2) is 0 Å². The summed E-state index contributed by atoms with van der Waals surface area (Å²) in [7, 11) is 0. The fraction of sp³-hybridized carbons (Fsp3) is 0.316. The van der Waals surface area contributed by atoms with Gasteiger partial charge in [0.05, 0.1) is 17.2 Å². The monoisotopic (exact) mass is 339 g/mol. The number of rotatable bonds is 6. The second kappa shape index (κ2) is 7.30. The molecular formula is C19H21N3OS. The Morgan fingerprint density at radius 2 is 2.12 bits per heavy atom. The number of ether oxygens (including phenoxy) is 1. The van der Waals surface area contributed by atoms with Crippen molar-refractivity contribution in [1.29, 1.82) is 0 Å². The van der Waals surface area contributed by atoms with Crippen LogP contribution < -0.4 is 5.32 Å². The van der Waals surface area contributed by atoms with Gasteiger partial charge in [-0.1, -0.05) is 24.3 Å². The smallest absolute Gasteiger partial charge is 0.107 e. The second-order valence-corrected chi connectivity index (χ2v) is 7.07. The van der Waals surface area contributed by atoms with E-state index in [2.05, 4.69) is 41.2 Å². The Kier molecular flexibility index (Phi) is 4.74. The van der Waals surface area contributed by atoms with E-state index in [1.165, 1.54) is 10.4 Å². The highest BCUT2D eigenvalue weighted by Crippen LogP contribution is 2.27. The highest BCUT2D eigenvalue weighted by Gasteiger charge is 2.17. The molecule has 1 aliphatic heterocycles. The molecule has 24 heavy (non-hydrogen) atoms. The fourth-order valence-electron chi connectivity index (χ4n) is 3.03. The summed E-state index contributed by atoms with van der Waals surface area (Å²) in [5.74, 6) is 0.638. The minimum absolute atomic E-state index is 0.638. The minimum Gasteiger partial charge on any atom is -0.381 e. The van der Waals surface area contributed by atoms with Gasteiger partial charge in [-0.25, -0.2) is 4.68 Å². The third kappa shape index (κ3) is 3.43. The van der Waals surface area contributed by atoms with Crippen molar-refractivity contribution in [2.45, 2.75) is 13.0 Å². The molecule has 1 N–H and O–H groups in total. The van der Waals surface area contributed by atoms with Crippen molar-refractivity contribution in [3.05, 3.63) is 59.6 Å². The zero-order chi connectivity index (χ0) is 16.2. The van der Waals surface area contributed by atoms with Gasteiger partial charge in [-0.3, -0.25) is 0 Å². The van der Waals surface area contributed by atoms with E-state index in [0.717, 1.165) is 44.1 Å². The molecule has 0 spiro atoms. The number of thiophene rings is 1. The van der Waals surface area contributed by atoms with E-state index < -0.39 is 0 Å². The summed E-state index contributed by atoms with van der Waals surface area (Å²) in [6, 6.07) is 14.5. The summed E-state index contributed by atoms with van der Waals surface area (Å²) in [5.41, 5.74) is 3.40. The van der Waals surface area contributed by atoms with Crippen LogP contribution in [0.5, 0.6) is 0 Å². The maximum absolute atomic E-state index is 5.45. The quantitative estimate of drug-likeness (QED) is 0.744. The topological polar surface area (TPSA) is 39.1 Å². The van der Waals surface area contributed by atoms with Gasteiger partial charge >= 0.3 is 0 Å². The highest BCUT2D eigenvalue weighted by atomic mass is 32.1. The SMILES string of the molecule is c1ccc(-n2cc(CNC[C@H]3CCOC3)c(-c3cccs3)n2)cc1. The van der Waals surface area contributed by atoms with Crippen LogP contribution >= 0.6 is 11.3 Å². The van der Waals surface area contributed by atoms with E-state index in [-0.39, 0.29) is 0 Å². The van der Waals surface area contributed by atoms with E-state index in [1.54, 1.807) is 11.3 Å². The van der Waals surface area contributed by atoms with Gasteiger partial charge in [0.25, 0.3) is 0 Å². The zero-order valence-corrected chi connectivity index (χ0v) is 14.3. The molecule has 1 saturated heterocycles. The lowest BCUT2D eigenvalue weighted by atomic mass is 10.1. The number of aromatic nitrogens is 2. The van der Waals surface area contributed by atoms with Crippen LogP contribution in [0.1, 0.15) is 12.0 Å². The van der Waals surface area contributed by atoms with Crippen LogP contribution in [0, 0.1) is 5.92 Å². The van der Waals surface area contributed by atoms with Crippen LogP contribution in [0.15, 0.2) is 54.0 Å². The molecule has 0 amide bonds. The number of para-hydroxylation sites is 1. The summed E-state index contributed by atoms with van der Waals surface area (Å²) in [4.78, 5) is 1.21. The van der Waals surface area contributed by atoms with Crippen molar-refractivity contribution in [3.8, 4) is 16.3 Å². The van der Waals surface area contributed by atoms with Crippen LogP contribution in [-0.2, 0) is 11.3 Å². The molecule has 4 nitrogen and oxygen atoms in total. The Labute approximate surface area is 146 Å². The predicted molar refractivity (Wildman–Crippen MR) is 97.5 cm³/mol. The van der Waals surface area contributed by atoms with Gasteiger partial charge < -0.3 is 10.1 Å². The molecule has 1 atom stereocenters.